The lowest BCUT2D eigenvalue weighted by Gasteiger charge is -2.27. The zero-order valence-corrected chi connectivity index (χ0v) is 9.95. The van der Waals surface area contributed by atoms with Crippen LogP contribution in [0.4, 0.5) is 4.39 Å². The summed E-state index contributed by atoms with van der Waals surface area (Å²) in [6.07, 6.45) is 4.48. The summed E-state index contributed by atoms with van der Waals surface area (Å²) in [5.74, 6) is 0.00232. The third-order valence-corrected chi connectivity index (χ3v) is 3.59. The van der Waals surface area contributed by atoms with Gasteiger partial charge in [0.2, 0.25) is 0 Å². The average Bonchev–Trinajstić information content (AvgIpc) is 2.39. The fourth-order valence-electron chi connectivity index (χ4n) is 2.51. The quantitative estimate of drug-likeness (QED) is 0.784. The molecule has 2 nitrogen and oxygen atoms in total. The molecule has 1 aromatic carbocycles. The van der Waals surface area contributed by atoms with Gasteiger partial charge in [-0.1, -0.05) is 6.07 Å². The maximum Gasteiger partial charge on any atom is 0.141 e. The Morgan fingerprint density at radius 1 is 1.29 bits per heavy atom. The SMILES string of the molecule is COC1CCC(c2ccc(C#N)c(F)c2)CC1. The molecule has 0 amide bonds. The summed E-state index contributed by atoms with van der Waals surface area (Å²) >= 11 is 0. The van der Waals surface area contributed by atoms with Crippen LogP contribution in [0.3, 0.4) is 0 Å². The average molecular weight is 233 g/mol. The van der Waals surface area contributed by atoms with Crippen molar-refractivity contribution in [3.05, 3.63) is 35.1 Å². The summed E-state index contributed by atoms with van der Waals surface area (Å²) in [4.78, 5) is 0. The molecule has 3 heteroatoms. The lowest BCUT2D eigenvalue weighted by atomic mass is 9.82. The largest absolute Gasteiger partial charge is 0.381 e. The number of benzene rings is 1. The number of methoxy groups -OCH3 is 1. The zero-order valence-electron chi connectivity index (χ0n) is 9.95. The Morgan fingerprint density at radius 3 is 2.53 bits per heavy atom. The van der Waals surface area contributed by atoms with Crippen molar-refractivity contribution in [2.45, 2.75) is 37.7 Å². The minimum absolute atomic E-state index is 0.124. The Kier molecular flexibility index (Phi) is 3.75. The summed E-state index contributed by atoms with van der Waals surface area (Å²) in [5, 5.41) is 8.68. The van der Waals surface area contributed by atoms with E-state index in [0.717, 1.165) is 31.2 Å². The summed E-state index contributed by atoms with van der Waals surface area (Å²) in [7, 11) is 1.74. The molecule has 1 saturated carbocycles. The Morgan fingerprint density at radius 2 is 2.00 bits per heavy atom. The molecule has 17 heavy (non-hydrogen) atoms. The molecule has 0 aliphatic heterocycles. The highest BCUT2D eigenvalue weighted by molar-refractivity contribution is 5.34. The monoisotopic (exact) mass is 233 g/mol. The predicted molar refractivity (Wildman–Crippen MR) is 63.1 cm³/mol. The van der Waals surface area contributed by atoms with E-state index >= 15 is 0 Å². The van der Waals surface area contributed by atoms with E-state index in [-0.39, 0.29) is 5.56 Å². The molecule has 0 heterocycles. The fraction of sp³-hybridized carbons (Fsp3) is 0.500. The first kappa shape index (κ1) is 12.1. The first-order valence-electron chi connectivity index (χ1n) is 5.97. The third-order valence-electron chi connectivity index (χ3n) is 3.59. The van der Waals surface area contributed by atoms with Crippen LogP contribution in [0, 0.1) is 17.1 Å². The van der Waals surface area contributed by atoms with Crippen LogP contribution in [-0.4, -0.2) is 13.2 Å². The number of ether oxygens (including phenoxy) is 1. The van der Waals surface area contributed by atoms with Gasteiger partial charge in [0, 0.05) is 7.11 Å². The first-order chi connectivity index (χ1) is 8.24. The fourth-order valence-corrected chi connectivity index (χ4v) is 2.51. The first-order valence-corrected chi connectivity index (χ1v) is 5.97. The van der Waals surface area contributed by atoms with Gasteiger partial charge in [0.1, 0.15) is 11.9 Å². The van der Waals surface area contributed by atoms with Crippen molar-refractivity contribution in [3.63, 3.8) is 0 Å². The summed E-state index contributed by atoms with van der Waals surface area (Å²) in [6.45, 7) is 0. The van der Waals surface area contributed by atoms with Crippen LogP contribution in [0.2, 0.25) is 0 Å². The smallest absolute Gasteiger partial charge is 0.141 e. The van der Waals surface area contributed by atoms with E-state index in [9.17, 15) is 4.39 Å². The number of hydrogen-bond acceptors (Lipinski definition) is 2. The van der Waals surface area contributed by atoms with Gasteiger partial charge in [0.05, 0.1) is 11.7 Å². The molecule has 0 atom stereocenters. The Hall–Kier alpha value is -1.40. The van der Waals surface area contributed by atoms with Crippen molar-refractivity contribution >= 4 is 0 Å². The minimum atomic E-state index is -0.404. The molecule has 0 unspecified atom stereocenters. The molecular formula is C14H16FNO. The lowest BCUT2D eigenvalue weighted by Crippen LogP contribution is -2.19. The molecule has 2 rings (SSSR count). The van der Waals surface area contributed by atoms with Crippen LogP contribution in [0.15, 0.2) is 18.2 Å². The van der Waals surface area contributed by atoms with Gasteiger partial charge in [-0.15, -0.1) is 0 Å². The van der Waals surface area contributed by atoms with Crippen molar-refractivity contribution in [2.24, 2.45) is 0 Å². The van der Waals surface area contributed by atoms with Gasteiger partial charge in [-0.2, -0.15) is 5.26 Å². The second kappa shape index (κ2) is 5.29. The van der Waals surface area contributed by atoms with Gasteiger partial charge in [-0.25, -0.2) is 4.39 Å². The lowest BCUT2D eigenvalue weighted by molar-refractivity contribution is 0.0658. The number of nitriles is 1. The van der Waals surface area contributed by atoms with Gasteiger partial charge < -0.3 is 4.74 Å². The maximum atomic E-state index is 13.5. The molecule has 90 valence electrons. The van der Waals surface area contributed by atoms with E-state index in [1.807, 2.05) is 12.1 Å². The molecule has 0 radical (unpaired) electrons. The van der Waals surface area contributed by atoms with Crippen LogP contribution >= 0.6 is 0 Å². The van der Waals surface area contributed by atoms with Crippen LogP contribution in [0.5, 0.6) is 0 Å². The van der Waals surface area contributed by atoms with E-state index in [1.54, 1.807) is 13.2 Å². The topological polar surface area (TPSA) is 33.0 Å². The number of rotatable bonds is 2. The third kappa shape index (κ3) is 2.65. The number of nitrogens with zero attached hydrogens (tertiary/aromatic N) is 1. The summed E-state index contributed by atoms with van der Waals surface area (Å²) < 4.78 is 18.8. The maximum absolute atomic E-state index is 13.5. The van der Waals surface area contributed by atoms with Crippen molar-refractivity contribution in [1.82, 2.24) is 0 Å². The van der Waals surface area contributed by atoms with Gasteiger partial charge in [0.15, 0.2) is 0 Å². The number of halogens is 1. The standard InChI is InChI=1S/C14H16FNO/c1-17-13-6-4-10(5-7-13)11-2-3-12(9-16)14(15)8-11/h2-3,8,10,13H,4-7H2,1H3. The molecule has 0 spiro atoms. The van der Waals surface area contributed by atoms with E-state index in [2.05, 4.69) is 0 Å². The Balaban J connectivity index is 2.09. The molecule has 1 aromatic rings. The van der Waals surface area contributed by atoms with Gasteiger partial charge in [-0.3, -0.25) is 0 Å². The molecular weight excluding hydrogens is 217 g/mol. The van der Waals surface area contributed by atoms with Crippen LogP contribution in [0.25, 0.3) is 0 Å². The van der Waals surface area contributed by atoms with E-state index in [1.165, 1.54) is 6.07 Å². The van der Waals surface area contributed by atoms with Crippen molar-refractivity contribution in [3.8, 4) is 6.07 Å². The Bertz CT molecular complexity index is 430. The van der Waals surface area contributed by atoms with E-state index in [4.69, 9.17) is 10.00 Å². The highest BCUT2D eigenvalue weighted by Gasteiger charge is 2.22. The highest BCUT2D eigenvalue weighted by atomic mass is 19.1. The molecule has 0 bridgehead atoms. The van der Waals surface area contributed by atoms with Crippen molar-refractivity contribution in [1.29, 1.82) is 5.26 Å². The highest BCUT2D eigenvalue weighted by Crippen LogP contribution is 2.34. The second-order valence-electron chi connectivity index (χ2n) is 4.56. The minimum Gasteiger partial charge on any atom is -0.381 e. The number of hydrogen-bond donors (Lipinski definition) is 0. The summed E-state index contributed by atoms with van der Waals surface area (Å²) in [6, 6.07) is 6.81. The van der Waals surface area contributed by atoms with Crippen molar-refractivity contribution in [2.75, 3.05) is 7.11 Å². The normalized spacial score (nSPS) is 24.3. The Labute approximate surface area is 101 Å². The molecule has 0 aromatic heterocycles. The molecule has 0 N–H and O–H groups in total. The van der Waals surface area contributed by atoms with Gasteiger partial charge in [-0.05, 0) is 49.3 Å². The molecule has 1 fully saturated rings. The molecule has 1 aliphatic rings. The predicted octanol–water partition coefficient (Wildman–Crippen LogP) is 3.37. The second-order valence-corrected chi connectivity index (χ2v) is 4.56. The van der Waals surface area contributed by atoms with Crippen molar-refractivity contribution < 1.29 is 9.13 Å². The molecule has 0 saturated heterocycles. The van der Waals surface area contributed by atoms with Gasteiger partial charge >= 0.3 is 0 Å². The van der Waals surface area contributed by atoms with Crippen LogP contribution < -0.4 is 0 Å². The van der Waals surface area contributed by atoms with Gasteiger partial charge in [0.25, 0.3) is 0 Å². The van der Waals surface area contributed by atoms with E-state index < -0.39 is 5.82 Å². The van der Waals surface area contributed by atoms with Crippen LogP contribution in [-0.2, 0) is 4.74 Å². The molecule has 1 aliphatic carbocycles. The summed E-state index contributed by atoms with van der Waals surface area (Å²) in [5.41, 5.74) is 1.13. The van der Waals surface area contributed by atoms with Crippen LogP contribution in [0.1, 0.15) is 42.7 Å². The zero-order chi connectivity index (χ0) is 12.3. The van der Waals surface area contributed by atoms with E-state index in [0.29, 0.717) is 12.0 Å².